The van der Waals surface area contributed by atoms with Crippen molar-refractivity contribution in [2.75, 3.05) is 26.4 Å². The van der Waals surface area contributed by atoms with Crippen LogP contribution in [0.5, 0.6) is 11.5 Å². The summed E-state index contributed by atoms with van der Waals surface area (Å²) in [4.78, 5) is 25.0. The van der Waals surface area contributed by atoms with Gasteiger partial charge in [-0.15, -0.1) is 0 Å². The molecule has 0 aliphatic carbocycles. The highest BCUT2D eigenvalue weighted by molar-refractivity contribution is 6.78. The van der Waals surface area contributed by atoms with Crippen molar-refractivity contribution in [3.05, 3.63) is 83.9 Å². The molecule has 7 nitrogen and oxygen atoms in total. The molecule has 0 heterocycles. The van der Waals surface area contributed by atoms with Crippen molar-refractivity contribution in [2.45, 2.75) is 148 Å². The van der Waals surface area contributed by atoms with Crippen molar-refractivity contribution < 1.29 is 34.0 Å². The average Bonchev–Trinajstić information content (AvgIpc) is 3.22. The van der Waals surface area contributed by atoms with Crippen LogP contribution >= 0.6 is 0 Å². The molecule has 0 spiro atoms. The molecular weight excluding hydrogens is 717 g/mol. The Kier molecular flexibility index (Phi) is 23.5. The van der Waals surface area contributed by atoms with E-state index >= 15 is 0 Å². The first kappa shape index (κ1) is 46.9. The van der Waals surface area contributed by atoms with E-state index in [0.717, 1.165) is 62.0 Å². The highest BCUT2D eigenvalue weighted by Gasteiger charge is 2.25. The second kappa shape index (κ2) is 28.0. The van der Waals surface area contributed by atoms with Gasteiger partial charge >= 0.3 is 11.9 Å². The maximum atomic E-state index is 12.8. The number of aliphatic hydroxyl groups is 2. The molecule has 0 fully saturated rings. The minimum absolute atomic E-state index is 0.310. The van der Waals surface area contributed by atoms with Gasteiger partial charge in [0, 0.05) is 13.2 Å². The van der Waals surface area contributed by atoms with Gasteiger partial charge in [-0.25, -0.2) is 9.59 Å². The van der Waals surface area contributed by atoms with Gasteiger partial charge in [-0.1, -0.05) is 153 Å². The molecule has 8 heteroatoms. The van der Waals surface area contributed by atoms with E-state index in [4.69, 9.17) is 24.4 Å². The lowest BCUT2D eigenvalue weighted by atomic mass is 10.0. The maximum absolute atomic E-state index is 12.8. The molecule has 0 aliphatic heterocycles. The van der Waals surface area contributed by atoms with E-state index in [9.17, 15) is 9.59 Å². The minimum Gasteiger partial charge on any atom is -0.494 e. The van der Waals surface area contributed by atoms with Crippen LogP contribution in [0, 0.1) is 5.92 Å². The zero-order chi connectivity index (χ0) is 40.3. The summed E-state index contributed by atoms with van der Waals surface area (Å²) in [6.45, 7) is 8.50. The van der Waals surface area contributed by atoms with Crippen molar-refractivity contribution >= 4 is 20.0 Å². The zero-order valence-corrected chi connectivity index (χ0v) is 35.9. The number of aliphatic hydroxyl groups excluding tert-OH is 2. The Morgan fingerprint density at radius 1 is 0.554 bits per heavy atom. The van der Waals surface area contributed by atoms with Gasteiger partial charge in [0.2, 0.25) is 0 Å². The van der Waals surface area contributed by atoms with Crippen molar-refractivity contribution in [3.8, 4) is 22.6 Å². The SMILES string of the molecule is CCC(C)COC(=O)c1ccc(OC(=O)c2ccc(-c3ccc(OCCCCCCCCCC[Si](C)(CCCCCCO)CCCCCCO)cc3)cc2)cc1. The Morgan fingerprint density at radius 3 is 1.46 bits per heavy atom. The van der Waals surface area contributed by atoms with E-state index in [1.54, 1.807) is 36.4 Å². The second-order valence-electron chi connectivity index (χ2n) is 16.1. The molecular formula is C48H72O7Si. The summed E-state index contributed by atoms with van der Waals surface area (Å²) in [6.07, 6.45) is 20.6. The van der Waals surface area contributed by atoms with Gasteiger partial charge in [0.15, 0.2) is 0 Å². The highest BCUT2D eigenvalue weighted by atomic mass is 28.3. The first-order valence-corrected chi connectivity index (χ1v) is 24.9. The molecule has 0 amide bonds. The quantitative estimate of drug-likeness (QED) is 0.0290. The average molecular weight is 789 g/mol. The maximum Gasteiger partial charge on any atom is 0.343 e. The number of hydrogen-bond acceptors (Lipinski definition) is 7. The number of carbonyl (C=O) groups excluding carboxylic acids is 2. The van der Waals surface area contributed by atoms with Gasteiger partial charge < -0.3 is 24.4 Å². The Morgan fingerprint density at radius 2 is 0.964 bits per heavy atom. The van der Waals surface area contributed by atoms with Gasteiger partial charge in [0.1, 0.15) is 11.5 Å². The lowest BCUT2D eigenvalue weighted by molar-refractivity contribution is 0.0447. The number of unbranched alkanes of at least 4 members (excludes halogenated alkanes) is 13. The predicted molar refractivity (Wildman–Crippen MR) is 233 cm³/mol. The molecule has 1 atom stereocenters. The number of esters is 2. The van der Waals surface area contributed by atoms with Gasteiger partial charge in [-0.05, 0) is 84.8 Å². The summed E-state index contributed by atoms with van der Waals surface area (Å²) in [5.74, 6) is 0.704. The largest absolute Gasteiger partial charge is 0.494 e. The van der Waals surface area contributed by atoms with E-state index in [0.29, 0.717) is 42.6 Å². The fourth-order valence-corrected chi connectivity index (χ4v) is 11.2. The molecule has 3 aromatic rings. The van der Waals surface area contributed by atoms with Crippen LogP contribution in [-0.2, 0) is 4.74 Å². The lowest BCUT2D eigenvalue weighted by Crippen LogP contribution is -2.29. The fourth-order valence-electron chi connectivity index (χ4n) is 7.10. The Balaban J connectivity index is 1.27. The molecule has 0 bridgehead atoms. The summed E-state index contributed by atoms with van der Waals surface area (Å²) in [6, 6.07) is 26.2. The van der Waals surface area contributed by atoms with Crippen LogP contribution < -0.4 is 9.47 Å². The Hall–Kier alpha value is -3.46. The second-order valence-corrected chi connectivity index (χ2v) is 21.3. The van der Waals surface area contributed by atoms with Crippen LogP contribution in [0.3, 0.4) is 0 Å². The summed E-state index contributed by atoms with van der Waals surface area (Å²) in [5, 5.41) is 18.2. The number of carbonyl (C=O) groups is 2. The third-order valence-corrected chi connectivity index (χ3v) is 15.8. The Labute approximate surface area is 339 Å². The summed E-state index contributed by atoms with van der Waals surface area (Å²) >= 11 is 0. The predicted octanol–water partition coefficient (Wildman–Crippen LogP) is 12.5. The van der Waals surface area contributed by atoms with Gasteiger partial charge in [0.05, 0.1) is 32.4 Å². The molecule has 3 rings (SSSR count). The van der Waals surface area contributed by atoms with Gasteiger partial charge in [-0.3, -0.25) is 0 Å². The molecule has 0 saturated carbocycles. The fraction of sp³-hybridized carbons (Fsp3) is 0.583. The summed E-state index contributed by atoms with van der Waals surface area (Å²) in [5.41, 5.74) is 2.91. The van der Waals surface area contributed by atoms with Crippen LogP contribution in [0.25, 0.3) is 11.1 Å². The smallest absolute Gasteiger partial charge is 0.343 e. The van der Waals surface area contributed by atoms with Crippen molar-refractivity contribution in [1.82, 2.24) is 0 Å². The van der Waals surface area contributed by atoms with Gasteiger partial charge in [-0.2, -0.15) is 0 Å². The molecule has 0 aliphatic rings. The molecule has 1 unspecified atom stereocenters. The van der Waals surface area contributed by atoms with Crippen LogP contribution in [0.15, 0.2) is 72.8 Å². The monoisotopic (exact) mass is 789 g/mol. The van der Waals surface area contributed by atoms with Gasteiger partial charge in [0.25, 0.3) is 0 Å². The molecule has 0 radical (unpaired) electrons. The topological polar surface area (TPSA) is 102 Å². The van der Waals surface area contributed by atoms with E-state index in [1.165, 1.54) is 88.8 Å². The molecule has 0 saturated heterocycles. The van der Waals surface area contributed by atoms with Crippen LogP contribution in [0.2, 0.25) is 24.7 Å². The third kappa shape index (κ3) is 19.1. The number of hydrogen-bond donors (Lipinski definition) is 2. The lowest BCUT2D eigenvalue weighted by Gasteiger charge is -2.28. The van der Waals surface area contributed by atoms with E-state index in [-0.39, 0.29) is 5.97 Å². The van der Waals surface area contributed by atoms with E-state index in [1.807, 2.05) is 43.3 Å². The first-order valence-electron chi connectivity index (χ1n) is 21.8. The number of ether oxygens (including phenoxy) is 3. The summed E-state index contributed by atoms with van der Waals surface area (Å²) in [7, 11) is -1.20. The molecule has 2 N–H and O–H groups in total. The van der Waals surface area contributed by atoms with Crippen molar-refractivity contribution in [2.24, 2.45) is 5.92 Å². The zero-order valence-electron chi connectivity index (χ0n) is 34.9. The minimum atomic E-state index is -1.20. The molecule has 310 valence electrons. The first-order chi connectivity index (χ1) is 27.3. The number of rotatable bonds is 31. The highest BCUT2D eigenvalue weighted by Crippen LogP contribution is 2.30. The van der Waals surface area contributed by atoms with Crippen LogP contribution in [0.4, 0.5) is 0 Å². The molecule has 3 aromatic carbocycles. The molecule has 0 aromatic heterocycles. The van der Waals surface area contributed by atoms with E-state index in [2.05, 4.69) is 13.5 Å². The van der Waals surface area contributed by atoms with Crippen LogP contribution in [0.1, 0.15) is 144 Å². The van der Waals surface area contributed by atoms with Crippen molar-refractivity contribution in [3.63, 3.8) is 0 Å². The van der Waals surface area contributed by atoms with E-state index < -0.39 is 14.0 Å². The molecule has 56 heavy (non-hydrogen) atoms. The number of benzene rings is 3. The third-order valence-electron chi connectivity index (χ3n) is 11.1. The van der Waals surface area contributed by atoms with Crippen LogP contribution in [-0.4, -0.2) is 56.7 Å². The van der Waals surface area contributed by atoms with Crippen molar-refractivity contribution in [1.29, 1.82) is 0 Å². The summed E-state index contributed by atoms with van der Waals surface area (Å²) < 4.78 is 16.9. The Bertz CT molecular complexity index is 1460. The standard InChI is InChI=1S/C48H72O7Si/c1-4-40(2)39-54-47(51)43-27-31-46(32-28-43)55-48(52)44-23-21-41(22-24-44)42-25-29-45(30-26-42)53-35-17-11-7-5-6-8-12-18-36-56(3,37-19-13-9-15-33-49)38-20-14-10-16-34-50/h21-32,40,49-50H,4-20,33-39H2,1-3H3. The normalized spacial score (nSPS) is 12.0.